The van der Waals surface area contributed by atoms with Gasteiger partial charge in [-0.15, -0.1) is 0 Å². The molecule has 4 rings (SSSR count). The molecule has 0 amide bonds. The second-order valence-corrected chi connectivity index (χ2v) is 8.97. The van der Waals surface area contributed by atoms with Gasteiger partial charge in [-0.1, -0.05) is 82.3 Å². The summed E-state index contributed by atoms with van der Waals surface area (Å²) in [7, 11) is 0. The van der Waals surface area contributed by atoms with Gasteiger partial charge in [0.05, 0.1) is 0 Å². The molecule has 4 aromatic carbocycles. The fourth-order valence-corrected chi connectivity index (χ4v) is 3.81. The summed E-state index contributed by atoms with van der Waals surface area (Å²) in [6.45, 7) is 8.88. The van der Waals surface area contributed by atoms with Crippen LogP contribution in [0.1, 0.15) is 50.7 Å². The molecule has 32 heavy (non-hydrogen) atoms. The van der Waals surface area contributed by atoms with Gasteiger partial charge in [0.2, 0.25) is 0 Å². The second kappa shape index (κ2) is 9.74. The van der Waals surface area contributed by atoms with Gasteiger partial charge in [-0.25, -0.2) is 0 Å². The molecule has 0 saturated heterocycles. The first-order chi connectivity index (χ1) is 15.5. The lowest BCUT2D eigenvalue weighted by molar-refractivity contribution is 0.867. The Morgan fingerprint density at radius 3 is 1.28 bits per heavy atom. The van der Waals surface area contributed by atoms with Crippen LogP contribution in [0, 0.1) is 0 Å². The van der Waals surface area contributed by atoms with Crippen molar-refractivity contribution >= 4 is 22.7 Å². The molecule has 2 N–H and O–H groups in total. The Hall–Kier alpha value is -3.52. The Bertz CT molecular complexity index is 1070. The van der Waals surface area contributed by atoms with Crippen molar-refractivity contribution in [1.82, 2.24) is 0 Å². The molecule has 0 spiro atoms. The third kappa shape index (κ3) is 5.39. The lowest BCUT2D eigenvalue weighted by atomic mass is 10.0. The third-order valence-electron chi connectivity index (χ3n) is 5.77. The zero-order valence-electron chi connectivity index (χ0n) is 19.4. The van der Waals surface area contributed by atoms with Crippen LogP contribution in [-0.4, -0.2) is 0 Å². The Morgan fingerprint density at radius 2 is 0.875 bits per heavy atom. The maximum atomic E-state index is 3.59. The van der Waals surface area contributed by atoms with E-state index in [1.165, 1.54) is 22.3 Å². The highest BCUT2D eigenvalue weighted by Gasteiger charge is 2.06. The average molecular weight is 421 g/mol. The van der Waals surface area contributed by atoms with Crippen molar-refractivity contribution in [2.45, 2.75) is 39.5 Å². The number of benzene rings is 4. The van der Waals surface area contributed by atoms with Crippen LogP contribution in [-0.2, 0) is 0 Å². The number of hydrogen-bond acceptors (Lipinski definition) is 2. The molecule has 0 bridgehead atoms. The van der Waals surface area contributed by atoms with E-state index in [4.69, 9.17) is 0 Å². The molecule has 162 valence electrons. The first-order valence-electron chi connectivity index (χ1n) is 11.4. The van der Waals surface area contributed by atoms with Crippen LogP contribution in [0.4, 0.5) is 22.7 Å². The SMILES string of the molecule is CC(C)c1ccc(Nc2cc(Nc3ccc(C(C)C)cc3)cc(-c3ccccc3)c2)cc1. The highest BCUT2D eigenvalue weighted by Crippen LogP contribution is 2.31. The van der Waals surface area contributed by atoms with E-state index in [-0.39, 0.29) is 0 Å². The number of anilines is 4. The summed E-state index contributed by atoms with van der Waals surface area (Å²) in [6, 6.07) is 34.5. The fraction of sp³-hybridized carbons (Fsp3) is 0.200. The van der Waals surface area contributed by atoms with Gasteiger partial charge in [0.15, 0.2) is 0 Å². The first kappa shape index (κ1) is 21.7. The zero-order chi connectivity index (χ0) is 22.5. The molecule has 4 aromatic rings. The van der Waals surface area contributed by atoms with Gasteiger partial charge >= 0.3 is 0 Å². The number of nitrogens with one attached hydrogen (secondary N) is 2. The van der Waals surface area contributed by atoms with E-state index in [0.29, 0.717) is 11.8 Å². The monoisotopic (exact) mass is 420 g/mol. The van der Waals surface area contributed by atoms with E-state index in [9.17, 15) is 0 Å². The van der Waals surface area contributed by atoms with Gasteiger partial charge in [-0.2, -0.15) is 0 Å². The summed E-state index contributed by atoms with van der Waals surface area (Å²) < 4.78 is 0. The van der Waals surface area contributed by atoms with Crippen molar-refractivity contribution in [3.05, 3.63) is 108 Å². The van der Waals surface area contributed by atoms with Crippen LogP contribution in [0.5, 0.6) is 0 Å². The summed E-state index contributed by atoms with van der Waals surface area (Å²) in [5, 5.41) is 7.18. The third-order valence-corrected chi connectivity index (χ3v) is 5.77. The van der Waals surface area contributed by atoms with E-state index >= 15 is 0 Å². The normalized spacial score (nSPS) is 11.1. The molecule has 0 aliphatic carbocycles. The van der Waals surface area contributed by atoms with Gasteiger partial charge < -0.3 is 10.6 Å². The first-order valence-corrected chi connectivity index (χ1v) is 11.4. The van der Waals surface area contributed by atoms with Gasteiger partial charge in [0.25, 0.3) is 0 Å². The summed E-state index contributed by atoms with van der Waals surface area (Å²) in [5.74, 6) is 1.06. The van der Waals surface area contributed by atoms with Crippen LogP contribution in [0.2, 0.25) is 0 Å². The minimum absolute atomic E-state index is 0.531. The lowest BCUT2D eigenvalue weighted by Crippen LogP contribution is -1.96. The maximum absolute atomic E-state index is 3.59. The van der Waals surface area contributed by atoms with Crippen molar-refractivity contribution < 1.29 is 0 Å². The van der Waals surface area contributed by atoms with E-state index in [1.807, 2.05) is 0 Å². The molecule has 2 nitrogen and oxygen atoms in total. The molecular formula is C30H32N2. The van der Waals surface area contributed by atoms with Gasteiger partial charge in [-0.05, 0) is 76.6 Å². The van der Waals surface area contributed by atoms with Crippen LogP contribution < -0.4 is 10.6 Å². The van der Waals surface area contributed by atoms with E-state index < -0.39 is 0 Å². The lowest BCUT2D eigenvalue weighted by Gasteiger charge is -2.15. The molecule has 0 aliphatic heterocycles. The minimum Gasteiger partial charge on any atom is -0.355 e. The summed E-state index contributed by atoms with van der Waals surface area (Å²) >= 11 is 0. The van der Waals surface area contributed by atoms with Crippen LogP contribution in [0.3, 0.4) is 0 Å². The van der Waals surface area contributed by atoms with E-state index in [1.54, 1.807) is 0 Å². The van der Waals surface area contributed by atoms with Crippen molar-refractivity contribution in [3.63, 3.8) is 0 Å². The van der Waals surface area contributed by atoms with Crippen molar-refractivity contribution in [3.8, 4) is 11.1 Å². The molecule has 0 aliphatic rings. The molecule has 0 radical (unpaired) electrons. The highest BCUT2D eigenvalue weighted by molar-refractivity contribution is 5.78. The summed E-state index contributed by atoms with van der Waals surface area (Å²) in [4.78, 5) is 0. The zero-order valence-corrected chi connectivity index (χ0v) is 19.4. The second-order valence-electron chi connectivity index (χ2n) is 8.97. The molecule has 0 unspecified atom stereocenters. The summed E-state index contributed by atoms with van der Waals surface area (Å²) in [5.41, 5.74) is 9.37. The standard InChI is InChI=1S/C30H32N2/c1-21(2)23-10-14-27(15-11-23)31-29-18-26(25-8-6-5-7-9-25)19-30(20-29)32-28-16-12-24(13-17-28)22(3)4/h5-22,31-32H,1-4H3. The molecule has 0 fully saturated rings. The van der Waals surface area contributed by atoms with Gasteiger partial charge in [-0.3, -0.25) is 0 Å². The van der Waals surface area contributed by atoms with Crippen molar-refractivity contribution in [2.24, 2.45) is 0 Å². The van der Waals surface area contributed by atoms with Crippen LogP contribution in [0.15, 0.2) is 97.1 Å². The largest absolute Gasteiger partial charge is 0.355 e. The topological polar surface area (TPSA) is 24.1 Å². The number of hydrogen-bond donors (Lipinski definition) is 2. The van der Waals surface area contributed by atoms with Gasteiger partial charge in [0.1, 0.15) is 0 Å². The molecular weight excluding hydrogens is 388 g/mol. The van der Waals surface area contributed by atoms with E-state index in [2.05, 4.69) is 135 Å². The Morgan fingerprint density at radius 1 is 0.438 bits per heavy atom. The van der Waals surface area contributed by atoms with Crippen LogP contribution >= 0.6 is 0 Å². The van der Waals surface area contributed by atoms with Crippen molar-refractivity contribution in [1.29, 1.82) is 0 Å². The van der Waals surface area contributed by atoms with Crippen molar-refractivity contribution in [2.75, 3.05) is 10.6 Å². The summed E-state index contributed by atoms with van der Waals surface area (Å²) in [6.07, 6.45) is 0. The van der Waals surface area contributed by atoms with Crippen LogP contribution in [0.25, 0.3) is 11.1 Å². The molecule has 0 atom stereocenters. The smallest absolute Gasteiger partial charge is 0.0411 e. The Kier molecular flexibility index (Phi) is 6.61. The molecule has 0 aromatic heterocycles. The predicted octanol–water partition coefficient (Wildman–Crippen LogP) is 9.09. The molecule has 0 saturated carbocycles. The quantitative estimate of drug-likeness (QED) is 0.311. The molecule has 0 heterocycles. The average Bonchev–Trinajstić information content (AvgIpc) is 2.80. The predicted molar refractivity (Wildman–Crippen MR) is 140 cm³/mol. The maximum Gasteiger partial charge on any atom is 0.0411 e. The molecule has 2 heteroatoms. The number of rotatable bonds is 7. The minimum atomic E-state index is 0.531. The Balaban J connectivity index is 1.64. The highest BCUT2D eigenvalue weighted by atomic mass is 14.9. The Labute approximate surface area is 192 Å². The fourth-order valence-electron chi connectivity index (χ4n) is 3.81. The van der Waals surface area contributed by atoms with E-state index in [0.717, 1.165) is 22.7 Å². The van der Waals surface area contributed by atoms with Gasteiger partial charge in [0, 0.05) is 22.7 Å².